The smallest absolute Gasteiger partial charge is 0.319 e. The van der Waals surface area contributed by atoms with E-state index in [0.29, 0.717) is 35.1 Å². The number of amides is 3. The van der Waals surface area contributed by atoms with Crippen LogP contribution in [0, 0.1) is 0 Å². The van der Waals surface area contributed by atoms with Gasteiger partial charge in [-0.25, -0.2) is 4.79 Å². The van der Waals surface area contributed by atoms with Crippen LogP contribution in [0.4, 0.5) is 10.5 Å². The van der Waals surface area contributed by atoms with Crippen LogP contribution < -0.4 is 25.4 Å². The zero-order chi connectivity index (χ0) is 20.8. The van der Waals surface area contributed by atoms with Crippen molar-refractivity contribution in [3.05, 3.63) is 78.0 Å². The lowest BCUT2D eigenvalue weighted by atomic mass is 9.94. The number of ether oxygens (including phenoxy) is 2. The van der Waals surface area contributed by atoms with Crippen LogP contribution in [0.5, 0.6) is 11.5 Å². The van der Waals surface area contributed by atoms with E-state index in [2.05, 4.69) is 22.5 Å². The SMILES string of the molecule is C=CCOc1cccc([C@@H]2NC(=O)NC(C)=C2C(=O)Nc2ccccc2OC)c1. The highest BCUT2D eigenvalue weighted by Gasteiger charge is 2.31. The van der Waals surface area contributed by atoms with E-state index in [4.69, 9.17) is 9.47 Å². The number of hydrogen-bond donors (Lipinski definition) is 3. The van der Waals surface area contributed by atoms with Crippen molar-refractivity contribution in [1.82, 2.24) is 10.6 Å². The van der Waals surface area contributed by atoms with Gasteiger partial charge in [-0.05, 0) is 36.8 Å². The highest BCUT2D eigenvalue weighted by atomic mass is 16.5. The molecule has 1 atom stereocenters. The van der Waals surface area contributed by atoms with Crippen LogP contribution in [0.1, 0.15) is 18.5 Å². The van der Waals surface area contributed by atoms with Gasteiger partial charge in [-0.3, -0.25) is 4.79 Å². The van der Waals surface area contributed by atoms with Crippen molar-refractivity contribution in [3.63, 3.8) is 0 Å². The van der Waals surface area contributed by atoms with Crippen LogP contribution in [0.25, 0.3) is 0 Å². The Morgan fingerprint density at radius 3 is 2.79 bits per heavy atom. The molecule has 0 radical (unpaired) electrons. The summed E-state index contributed by atoms with van der Waals surface area (Å²) >= 11 is 0. The standard InChI is InChI=1S/C22H23N3O4/c1-4-12-29-16-9-7-8-15(13-16)20-19(14(2)23-22(27)25-20)21(26)24-17-10-5-6-11-18(17)28-3/h4-11,13,20H,1,12H2,2-3H3,(H,24,26)(H2,23,25,27)/t20-/m0/s1. The van der Waals surface area contributed by atoms with E-state index in [1.165, 1.54) is 7.11 Å². The Labute approximate surface area is 169 Å². The second-order valence-electron chi connectivity index (χ2n) is 6.40. The third-order valence-corrected chi connectivity index (χ3v) is 4.43. The second kappa shape index (κ2) is 8.97. The average molecular weight is 393 g/mol. The first-order valence-electron chi connectivity index (χ1n) is 9.09. The fraction of sp³-hybridized carbons (Fsp3) is 0.182. The molecular formula is C22H23N3O4. The summed E-state index contributed by atoms with van der Waals surface area (Å²) in [5.74, 6) is 0.822. The number of hydrogen-bond acceptors (Lipinski definition) is 4. The molecule has 0 spiro atoms. The lowest BCUT2D eigenvalue weighted by Gasteiger charge is -2.29. The van der Waals surface area contributed by atoms with Crippen molar-refractivity contribution in [2.24, 2.45) is 0 Å². The molecule has 0 saturated heterocycles. The monoisotopic (exact) mass is 393 g/mol. The van der Waals surface area contributed by atoms with Crippen molar-refractivity contribution in [2.75, 3.05) is 19.0 Å². The van der Waals surface area contributed by atoms with E-state index in [1.54, 1.807) is 43.3 Å². The van der Waals surface area contributed by atoms with Crippen LogP contribution >= 0.6 is 0 Å². The van der Waals surface area contributed by atoms with E-state index < -0.39 is 6.04 Å². The number of benzene rings is 2. The van der Waals surface area contributed by atoms with Crippen LogP contribution in [-0.2, 0) is 4.79 Å². The minimum absolute atomic E-state index is 0.345. The van der Waals surface area contributed by atoms with Gasteiger partial charge in [0.2, 0.25) is 0 Å². The van der Waals surface area contributed by atoms with Crippen molar-refractivity contribution >= 4 is 17.6 Å². The summed E-state index contributed by atoms with van der Waals surface area (Å²) < 4.78 is 10.9. The molecule has 3 amide bonds. The first-order valence-corrected chi connectivity index (χ1v) is 9.09. The van der Waals surface area contributed by atoms with Gasteiger partial charge < -0.3 is 25.4 Å². The van der Waals surface area contributed by atoms with Gasteiger partial charge >= 0.3 is 6.03 Å². The fourth-order valence-electron chi connectivity index (χ4n) is 3.12. The number of carbonyl (C=O) groups excluding carboxylic acids is 2. The lowest BCUT2D eigenvalue weighted by Crippen LogP contribution is -2.46. The first-order chi connectivity index (χ1) is 14.0. The van der Waals surface area contributed by atoms with Crippen molar-refractivity contribution < 1.29 is 19.1 Å². The molecule has 3 N–H and O–H groups in total. The predicted molar refractivity (Wildman–Crippen MR) is 111 cm³/mol. The molecule has 2 aromatic carbocycles. The second-order valence-corrected chi connectivity index (χ2v) is 6.40. The van der Waals surface area contributed by atoms with Crippen molar-refractivity contribution in [2.45, 2.75) is 13.0 Å². The highest BCUT2D eigenvalue weighted by molar-refractivity contribution is 6.07. The van der Waals surface area contributed by atoms with Gasteiger partial charge in [0.15, 0.2) is 0 Å². The molecule has 0 aromatic heterocycles. The minimum Gasteiger partial charge on any atom is -0.495 e. The van der Waals surface area contributed by atoms with E-state index in [0.717, 1.165) is 5.56 Å². The topological polar surface area (TPSA) is 88.7 Å². The van der Waals surface area contributed by atoms with Gasteiger partial charge in [0.05, 0.1) is 24.4 Å². The third kappa shape index (κ3) is 4.57. The summed E-state index contributed by atoms with van der Waals surface area (Å²) in [6, 6.07) is 13.4. The first kappa shape index (κ1) is 20.0. The van der Waals surface area contributed by atoms with Crippen LogP contribution in [0.2, 0.25) is 0 Å². The maximum absolute atomic E-state index is 13.1. The molecule has 0 saturated carbocycles. The number of anilines is 1. The molecule has 29 heavy (non-hydrogen) atoms. The zero-order valence-electron chi connectivity index (χ0n) is 16.3. The highest BCUT2D eigenvalue weighted by Crippen LogP contribution is 2.31. The molecule has 0 aliphatic carbocycles. The van der Waals surface area contributed by atoms with Crippen LogP contribution in [0.15, 0.2) is 72.5 Å². The summed E-state index contributed by atoms with van der Waals surface area (Å²) in [6.07, 6.45) is 1.65. The fourth-order valence-corrected chi connectivity index (χ4v) is 3.12. The molecule has 1 heterocycles. The van der Waals surface area contributed by atoms with Gasteiger partial charge in [-0.1, -0.05) is 36.9 Å². The van der Waals surface area contributed by atoms with Gasteiger partial charge in [-0.2, -0.15) is 0 Å². The Balaban J connectivity index is 1.94. The summed E-state index contributed by atoms with van der Waals surface area (Å²) in [5, 5.41) is 8.35. The molecule has 7 heteroatoms. The Hall–Kier alpha value is -3.74. The summed E-state index contributed by atoms with van der Waals surface area (Å²) in [6.45, 7) is 5.69. The lowest BCUT2D eigenvalue weighted by molar-refractivity contribution is -0.113. The number of urea groups is 1. The third-order valence-electron chi connectivity index (χ3n) is 4.43. The maximum atomic E-state index is 13.1. The van der Waals surface area contributed by atoms with Gasteiger partial charge in [-0.15, -0.1) is 0 Å². The molecule has 1 aliphatic heterocycles. The predicted octanol–water partition coefficient (Wildman–Crippen LogP) is 3.53. The minimum atomic E-state index is -0.634. The largest absolute Gasteiger partial charge is 0.495 e. The molecule has 0 fully saturated rings. The summed E-state index contributed by atoms with van der Waals surface area (Å²) in [7, 11) is 1.54. The van der Waals surface area contributed by atoms with Crippen molar-refractivity contribution in [1.29, 1.82) is 0 Å². The van der Waals surface area contributed by atoms with Gasteiger partial charge in [0.25, 0.3) is 5.91 Å². The molecule has 0 unspecified atom stereocenters. The molecular weight excluding hydrogens is 370 g/mol. The number of nitrogens with one attached hydrogen (secondary N) is 3. The quantitative estimate of drug-likeness (QED) is 0.628. The number of para-hydroxylation sites is 2. The number of methoxy groups -OCH3 is 1. The molecule has 7 nitrogen and oxygen atoms in total. The van der Waals surface area contributed by atoms with Crippen LogP contribution in [-0.4, -0.2) is 25.7 Å². The molecule has 2 aromatic rings. The normalized spacial score (nSPS) is 15.8. The van der Waals surface area contributed by atoms with Gasteiger partial charge in [0, 0.05) is 5.70 Å². The average Bonchev–Trinajstić information content (AvgIpc) is 2.72. The number of carbonyl (C=O) groups is 2. The molecule has 150 valence electrons. The van der Waals surface area contributed by atoms with E-state index in [9.17, 15) is 9.59 Å². The molecule has 0 bridgehead atoms. The Bertz CT molecular complexity index is 968. The van der Waals surface area contributed by atoms with E-state index >= 15 is 0 Å². The summed E-state index contributed by atoms with van der Waals surface area (Å²) in [5.41, 5.74) is 2.14. The zero-order valence-corrected chi connectivity index (χ0v) is 16.3. The summed E-state index contributed by atoms with van der Waals surface area (Å²) in [4.78, 5) is 25.2. The number of allylic oxidation sites excluding steroid dienone is 1. The van der Waals surface area contributed by atoms with E-state index in [-0.39, 0.29) is 11.9 Å². The Morgan fingerprint density at radius 1 is 1.24 bits per heavy atom. The van der Waals surface area contributed by atoms with Gasteiger partial charge in [0.1, 0.15) is 18.1 Å². The van der Waals surface area contributed by atoms with Crippen molar-refractivity contribution in [3.8, 4) is 11.5 Å². The van der Waals surface area contributed by atoms with E-state index in [1.807, 2.05) is 18.2 Å². The van der Waals surface area contributed by atoms with Crippen LogP contribution in [0.3, 0.4) is 0 Å². The maximum Gasteiger partial charge on any atom is 0.319 e. The molecule has 1 aliphatic rings. The molecule has 3 rings (SSSR count). The Morgan fingerprint density at radius 2 is 2.03 bits per heavy atom. The Kier molecular flexibility index (Phi) is 6.19. The number of rotatable bonds is 7.